The van der Waals surface area contributed by atoms with E-state index in [0.717, 1.165) is 71.2 Å². The van der Waals surface area contributed by atoms with Gasteiger partial charge in [0, 0.05) is 33.1 Å². The molecule has 1 aromatic heterocycles. The number of halogens is 2. The van der Waals surface area contributed by atoms with Crippen LogP contribution in [0.5, 0.6) is 11.5 Å². The minimum atomic E-state index is -2.06. The number of nitrogens with one attached hydrogen (secondary N) is 1. The van der Waals surface area contributed by atoms with Gasteiger partial charge in [-0.2, -0.15) is 0 Å². The molecule has 1 atom stereocenters. The zero-order valence-electron chi connectivity index (χ0n) is 22.6. The molecule has 3 aliphatic rings. The summed E-state index contributed by atoms with van der Waals surface area (Å²) >= 11 is 7.92. The van der Waals surface area contributed by atoms with Gasteiger partial charge in [-0.15, -0.1) is 0 Å². The second-order valence-corrected chi connectivity index (χ2v) is 12.2. The lowest BCUT2D eigenvalue weighted by atomic mass is 9.54. The van der Waals surface area contributed by atoms with Crippen molar-refractivity contribution in [1.82, 2.24) is 4.48 Å². The lowest BCUT2D eigenvalue weighted by Crippen LogP contribution is -2.71. The molecule has 8 heteroatoms. The number of anilines is 1. The number of nitrogens with zero attached hydrogens (tertiary/aromatic N) is 2. The molecule has 0 amide bonds. The van der Waals surface area contributed by atoms with E-state index in [0.29, 0.717) is 0 Å². The Kier molecular flexibility index (Phi) is 5.84. The van der Waals surface area contributed by atoms with E-state index in [9.17, 15) is 0 Å². The third kappa shape index (κ3) is 3.58. The summed E-state index contributed by atoms with van der Waals surface area (Å²) in [5, 5.41) is 3.73. The van der Waals surface area contributed by atoms with Crippen molar-refractivity contribution in [1.29, 1.82) is 0 Å². The van der Waals surface area contributed by atoms with Gasteiger partial charge in [0.25, 0.3) is 5.84 Å². The van der Waals surface area contributed by atoms with Gasteiger partial charge in [0.15, 0.2) is 0 Å². The van der Waals surface area contributed by atoms with Gasteiger partial charge in [-0.3, -0.25) is 0 Å². The Morgan fingerprint density at radius 1 is 0.833 bits per heavy atom. The van der Waals surface area contributed by atoms with E-state index in [-0.39, 0.29) is 0 Å². The second-order valence-electron chi connectivity index (χ2n) is 10.5. The second kappa shape index (κ2) is 9.65. The van der Waals surface area contributed by atoms with Crippen molar-refractivity contribution in [2.75, 3.05) is 12.4 Å². The fraction of sp³-hybridized carbons (Fsp3) is 0.0294. The van der Waals surface area contributed by atoms with Gasteiger partial charge >= 0.3 is 6.62 Å². The van der Waals surface area contributed by atoms with E-state index in [4.69, 9.17) is 9.39 Å². The molecule has 42 heavy (non-hydrogen) atoms. The number of benzene rings is 4. The van der Waals surface area contributed by atoms with Crippen molar-refractivity contribution in [2.45, 2.75) is 0 Å². The molecule has 0 radical (unpaired) electrons. The number of hydrogen-bond acceptors (Lipinski definition) is 3. The first kappa shape index (κ1) is 25.4. The molecule has 8 rings (SSSR count). The van der Waals surface area contributed by atoms with Crippen molar-refractivity contribution in [3.05, 3.63) is 147 Å². The van der Waals surface area contributed by atoms with Crippen molar-refractivity contribution < 1.29 is 13.9 Å². The van der Waals surface area contributed by atoms with Crippen LogP contribution in [0.25, 0.3) is 16.8 Å². The summed E-state index contributed by atoms with van der Waals surface area (Å²) in [6.07, 6.45) is 2.20. The highest BCUT2D eigenvalue weighted by Crippen LogP contribution is 2.50. The van der Waals surface area contributed by atoms with Crippen LogP contribution in [0.2, 0.25) is 0 Å². The number of ether oxygens (including phenoxy) is 1. The number of methoxy groups -OCH3 is 1. The number of hydrogen-bond donors (Lipinski definition) is 1. The maximum atomic E-state index is 7.34. The minimum Gasteiger partial charge on any atom is -0.656 e. The summed E-state index contributed by atoms with van der Waals surface area (Å²) in [6.45, 7) is -2.06. The molecule has 0 aliphatic carbocycles. The summed E-state index contributed by atoms with van der Waals surface area (Å²) in [4.78, 5) is 0. The van der Waals surface area contributed by atoms with Gasteiger partial charge < -0.3 is 18.4 Å². The molecule has 4 aromatic carbocycles. The maximum absolute atomic E-state index is 7.34. The molecule has 0 bridgehead atoms. The highest BCUT2D eigenvalue weighted by molar-refractivity contribution is 9.12. The first-order chi connectivity index (χ1) is 20.6. The lowest BCUT2D eigenvalue weighted by Gasteiger charge is -2.51. The smallest absolute Gasteiger partial charge is 0.505 e. The summed E-state index contributed by atoms with van der Waals surface area (Å²) < 4.78 is 19.5. The molecule has 204 valence electrons. The number of amidine groups is 1. The van der Waals surface area contributed by atoms with Gasteiger partial charge in [0.1, 0.15) is 15.9 Å². The van der Waals surface area contributed by atoms with Gasteiger partial charge in [-0.1, -0.05) is 78.3 Å². The van der Waals surface area contributed by atoms with Gasteiger partial charge in [0.05, 0.1) is 18.6 Å². The number of para-hydroxylation sites is 1. The molecule has 0 unspecified atom stereocenters. The summed E-state index contributed by atoms with van der Waals surface area (Å²) in [6, 6.07) is 39.6. The Labute approximate surface area is 260 Å². The SMILES string of the molecule is COc1ccc(NC2=[N+]3C(=C(c4ccccc4)c4cc(Br)c5n4[B@@-]3(c3ccccc3)Oc3ccccc3-5)C=C2Br)cc1. The number of fused-ring (bicyclic) bond motifs is 4. The van der Waals surface area contributed by atoms with Crippen LogP contribution in [-0.2, 0) is 0 Å². The first-order valence-electron chi connectivity index (χ1n) is 13.8. The number of rotatable bonds is 4. The van der Waals surface area contributed by atoms with E-state index >= 15 is 0 Å². The quantitative estimate of drug-likeness (QED) is 0.199. The van der Waals surface area contributed by atoms with Crippen molar-refractivity contribution in [2.24, 2.45) is 0 Å². The largest absolute Gasteiger partial charge is 0.656 e. The lowest BCUT2D eigenvalue weighted by molar-refractivity contribution is -0.347. The Morgan fingerprint density at radius 2 is 1.52 bits per heavy atom. The predicted octanol–water partition coefficient (Wildman–Crippen LogP) is 7.60. The highest BCUT2D eigenvalue weighted by atomic mass is 79.9. The number of allylic oxidation sites excluding steroid dienone is 1. The maximum Gasteiger partial charge on any atom is 0.505 e. The Balaban J connectivity index is 1.51. The zero-order valence-corrected chi connectivity index (χ0v) is 25.8. The molecular formula is C34H24BBr2N3O2. The third-order valence-electron chi connectivity index (χ3n) is 8.27. The van der Waals surface area contributed by atoms with Gasteiger partial charge in [-0.25, -0.2) is 5.32 Å². The van der Waals surface area contributed by atoms with Crippen LogP contribution >= 0.6 is 31.9 Å². The van der Waals surface area contributed by atoms with Crippen LogP contribution in [0.3, 0.4) is 0 Å². The summed E-state index contributed by atoms with van der Waals surface area (Å²) in [5.41, 5.74) is 8.55. The van der Waals surface area contributed by atoms with Crippen LogP contribution in [-0.4, -0.2) is 28.5 Å². The molecule has 0 spiro atoms. The number of aromatic nitrogens is 1. The molecule has 1 N–H and O–H groups in total. The van der Waals surface area contributed by atoms with Crippen LogP contribution in [0.15, 0.2) is 136 Å². The predicted molar refractivity (Wildman–Crippen MR) is 177 cm³/mol. The van der Waals surface area contributed by atoms with E-state index in [1.54, 1.807) is 7.11 Å². The topological polar surface area (TPSA) is 38.4 Å². The van der Waals surface area contributed by atoms with Crippen molar-refractivity contribution in [3.8, 4) is 22.8 Å². The van der Waals surface area contributed by atoms with Gasteiger partial charge in [-0.05, 0) is 79.9 Å². The zero-order chi connectivity index (χ0) is 28.4. The molecule has 0 saturated heterocycles. The van der Waals surface area contributed by atoms with Crippen LogP contribution in [0, 0.1) is 0 Å². The molecular weight excluding hydrogens is 653 g/mol. The van der Waals surface area contributed by atoms with Crippen molar-refractivity contribution >= 4 is 61.0 Å². The van der Waals surface area contributed by atoms with Gasteiger partial charge in [0.2, 0.25) is 0 Å². The third-order valence-corrected chi connectivity index (χ3v) is 9.48. The average molecular weight is 677 g/mol. The fourth-order valence-corrected chi connectivity index (χ4v) is 7.68. The molecule has 0 saturated carbocycles. The van der Waals surface area contributed by atoms with Crippen LogP contribution in [0.1, 0.15) is 11.3 Å². The summed E-state index contributed by atoms with van der Waals surface area (Å²) in [7, 11) is 1.68. The molecule has 4 heterocycles. The van der Waals surface area contributed by atoms with E-state index in [2.05, 4.69) is 131 Å². The fourth-order valence-electron chi connectivity index (χ4n) is 6.55. The Bertz CT molecular complexity index is 1980. The summed E-state index contributed by atoms with van der Waals surface area (Å²) in [5.74, 6) is 2.54. The normalized spacial score (nSPS) is 18.1. The van der Waals surface area contributed by atoms with Crippen LogP contribution in [0.4, 0.5) is 5.69 Å². The van der Waals surface area contributed by atoms with Crippen molar-refractivity contribution in [3.63, 3.8) is 0 Å². The highest BCUT2D eigenvalue weighted by Gasteiger charge is 2.55. The molecule has 5 nitrogen and oxygen atoms in total. The standard InChI is InChI=1S/C34H24BBr2N3O2/c1-41-25-18-16-24(17-19-25)38-34-28(37)21-30-32(22-10-4-2-5-11-22)29-20-27(36)33-26-14-8-9-15-31(26)42-35(39(29)33,40(30)34)23-12-6-3-7-13-23/h2-21,38H,1H3/t35-/m1/s1. The van der Waals surface area contributed by atoms with E-state index < -0.39 is 6.62 Å². The van der Waals surface area contributed by atoms with E-state index in [1.807, 2.05) is 36.4 Å². The molecule has 3 aliphatic heterocycles. The van der Waals surface area contributed by atoms with Crippen LogP contribution < -0.4 is 20.2 Å². The Hall–Kier alpha value is -4.27. The monoisotopic (exact) mass is 675 g/mol. The molecule has 5 aromatic rings. The molecule has 0 fully saturated rings. The van der Waals surface area contributed by atoms with E-state index in [1.165, 1.54) is 0 Å². The minimum absolute atomic E-state index is 0.806. The first-order valence-corrected chi connectivity index (χ1v) is 15.3. The Morgan fingerprint density at radius 3 is 2.26 bits per heavy atom. The average Bonchev–Trinajstić information content (AvgIpc) is 3.55.